The minimum absolute atomic E-state index is 0.243. The van der Waals surface area contributed by atoms with Crippen LogP contribution in [0.25, 0.3) is 0 Å². The molecule has 1 aliphatic rings. The maximum atomic E-state index is 12.8. The molecular formula is C18H27FN4O2. The van der Waals surface area contributed by atoms with Gasteiger partial charge in [-0.3, -0.25) is 9.79 Å². The van der Waals surface area contributed by atoms with Crippen molar-refractivity contribution in [3.63, 3.8) is 0 Å². The van der Waals surface area contributed by atoms with Crippen molar-refractivity contribution >= 4 is 11.9 Å². The molecule has 7 heteroatoms. The number of hydrogen-bond donors (Lipinski definition) is 2. The summed E-state index contributed by atoms with van der Waals surface area (Å²) in [6, 6.07) is 6.01. The van der Waals surface area contributed by atoms with Crippen LogP contribution in [0.3, 0.4) is 0 Å². The second-order valence-electron chi connectivity index (χ2n) is 6.25. The van der Waals surface area contributed by atoms with E-state index in [0.717, 1.165) is 44.9 Å². The fourth-order valence-corrected chi connectivity index (χ4v) is 3.03. The molecule has 2 rings (SSSR count). The van der Waals surface area contributed by atoms with Crippen LogP contribution in [0.2, 0.25) is 0 Å². The normalized spacial score (nSPS) is 18.1. The molecule has 0 bridgehead atoms. The van der Waals surface area contributed by atoms with Crippen LogP contribution in [-0.2, 0) is 4.79 Å². The molecule has 6 nitrogen and oxygen atoms in total. The van der Waals surface area contributed by atoms with Crippen LogP contribution < -0.4 is 15.8 Å². The summed E-state index contributed by atoms with van der Waals surface area (Å²) < 4.78 is 18.4. The number of ether oxygens (including phenoxy) is 1. The number of nitrogens with two attached hydrogens (primary N) is 1. The molecule has 1 heterocycles. The lowest BCUT2D eigenvalue weighted by molar-refractivity contribution is -0.119. The smallest absolute Gasteiger partial charge is 0.217 e. The lowest BCUT2D eigenvalue weighted by Gasteiger charge is -2.34. The summed E-state index contributed by atoms with van der Waals surface area (Å²) in [5.74, 6) is 1.29. The Kier molecular flexibility index (Phi) is 7.50. The van der Waals surface area contributed by atoms with Gasteiger partial charge in [-0.2, -0.15) is 0 Å². The number of guanidine groups is 1. The molecule has 1 atom stereocenters. The van der Waals surface area contributed by atoms with E-state index in [1.807, 2.05) is 0 Å². The molecule has 1 aliphatic heterocycles. The molecule has 1 saturated heterocycles. The highest BCUT2D eigenvalue weighted by Crippen LogP contribution is 2.19. The van der Waals surface area contributed by atoms with Crippen LogP contribution in [0, 0.1) is 11.7 Å². The highest BCUT2D eigenvalue weighted by molar-refractivity contribution is 5.80. The Labute approximate surface area is 148 Å². The van der Waals surface area contributed by atoms with E-state index in [-0.39, 0.29) is 11.7 Å². The molecule has 25 heavy (non-hydrogen) atoms. The molecule has 1 fully saturated rings. The van der Waals surface area contributed by atoms with E-state index in [1.54, 1.807) is 19.2 Å². The van der Waals surface area contributed by atoms with Crippen molar-refractivity contribution in [1.29, 1.82) is 0 Å². The average molecular weight is 350 g/mol. The number of carbonyl (C=O) groups is 1. The second-order valence-corrected chi connectivity index (χ2v) is 6.25. The van der Waals surface area contributed by atoms with Crippen molar-refractivity contribution in [3.05, 3.63) is 30.1 Å². The van der Waals surface area contributed by atoms with E-state index < -0.39 is 0 Å². The Morgan fingerprint density at radius 1 is 1.44 bits per heavy atom. The highest BCUT2D eigenvalue weighted by Gasteiger charge is 2.23. The third-order valence-corrected chi connectivity index (χ3v) is 4.21. The maximum absolute atomic E-state index is 12.8. The van der Waals surface area contributed by atoms with Crippen molar-refractivity contribution in [2.24, 2.45) is 16.6 Å². The van der Waals surface area contributed by atoms with Gasteiger partial charge in [0.15, 0.2) is 5.96 Å². The molecular weight excluding hydrogens is 323 g/mol. The fourth-order valence-electron chi connectivity index (χ4n) is 3.03. The molecule has 1 aromatic carbocycles. The number of halogens is 1. The lowest BCUT2D eigenvalue weighted by atomic mass is 9.95. The molecule has 0 saturated carbocycles. The van der Waals surface area contributed by atoms with Gasteiger partial charge in [0, 0.05) is 33.1 Å². The Hall–Kier alpha value is -2.31. The largest absolute Gasteiger partial charge is 0.494 e. The van der Waals surface area contributed by atoms with Crippen LogP contribution in [-0.4, -0.2) is 50.1 Å². The van der Waals surface area contributed by atoms with Gasteiger partial charge in [0.2, 0.25) is 5.91 Å². The van der Waals surface area contributed by atoms with Gasteiger partial charge in [-0.25, -0.2) is 4.39 Å². The van der Waals surface area contributed by atoms with Gasteiger partial charge in [0.1, 0.15) is 11.6 Å². The van der Waals surface area contributed by atoms with Gasteiger partial charge < -0.3 is 20.7 Å². The average Bonchev–Trinajstić information content (AvgIpc) is 2.59. The van der Waals surface area contributed by atoms with Crippen LogP contribution >= 0.6 is 0 Å². The number of nitrogens with zero attached hydrogens (tertiary/aromatic N) is 2. The van der Waals surface area contributed by atoms with E-state index in [4.69, 9.17) is 10.5 Å². The third kappa shape index (κ3) is 6.60. The summed E-state index contributed by atoms with van der Waals surface area (Å²) in [7, 11) is 1.76. The minimum Gasteiger partial charge on any atom is -0.494 e. The number of primary amides is 1. The SMILES string of the molecule is CN=C(NCCCOc1ccc(F)cc1)N1CCCC(CC(N)=O)C1. The predicted molar refractivity (Wildman–Crippen MR) is 96.0 cm³/mol. The van der Waals surface area contributed by atoms with Crippen molar-refractivity contribution < 1.29 is 13.9 Å². The molecule has 1 unspecified atom stereocenters. The zero-order chi connectivity index (χ0) is 18.1. The minimum atomic E-state index is -0.269. The molecule has 0 aromatic heterocycles. The number of hydrogen-bond acceptors (Lipinski definition) is 3. The molecule has 0 radical (unpaired) electrons. The first-order chi connectivity index (χ1) is 12.1. The Bertz CT molecular complexity index is 577. The van der Waals surface area contributed by atoms with E-state index in [9.17, 15) is 9.18 Å². The number of benzene rings is 1. The zero-order valence-electron chi connectivity index (χ0n) is 14.7. The Morgan fingerprint density at radius 3 is 2.88 bits per heavy atom. The highest BCUT2D eigenvalue weighted by atomic mass is 19.1. The van der Waals surface area contributed by atoms with E-state index >= 15 is 0 Å². The zero-order valence-corrected chi connectivity index (χ0v) is 14.7. The van der Waals surface area contributed by atoms with Crippen LogP contribution in [0.5, 0.6) is 5.75 Å². The standard InChI is InChI=1S/C18H27FN4O2/c1-21-18(23-10-2-4-14(13-23)12-17(20)24)22-9-3-11-25-16-7-5-15(19)6-8-16/h5-8,14H,2-4,9-13H2,1H3,(H2,20,24)(H,21,22). The van der Waals surface area contributed by atoms with Crippen molar-refractivity contribution in [2.45, 2.75) is 25.7 Å². The first kappa shape index (κ1) is 19.0. The number of nitrogens with one attached hydrogen (secondary N) is 1. The molecule has 3 N–H and O–H groups in total. The maximum Gasteiger partial charge on any atom is 0.217 e. The molecule has 1 amide bonds. The summed E-state index contributed by atoms with van der Waals surface area (Å²) >= 11 is 0. The van der Waals surface area contributed by atoms with Gasteiger partial charge in [0.05, 0.1) is 6.61 Å². The summed E-state index contributed by atoms with van der Waals surface area (Å²) in [5.41, 5.74) is 5.31. The van der Waals surface area contributed by atoms with Gasteiger partial charge in [-0.15, -0.1) is 0 Å². The molecule has 0 aliphatic carbocycles. The van der Waals surface area contributed by atoms with Gasteiger partial charge in [0.25, 0.3) is 0 Å². The summed E-state index contributed by atoms with van der Waals surface area (Å²) in [5, 5.41) is 3.33. The molecule has 0 spiro atoms. The number of amides is 1. The van der Waals surface area contributed by atoms with E-state index in [0.29, 0.717) is 24.7 Å². The monoisotopic (exact) mass is 350 g/mol. The van der Waals surface area contributed by atoms with E-state index in [2.05, 4.69) is 15.2 Å². The van der Waals surface area contributed by atoms with E-state index in [1.165, 1.54) is 12.1 Å². The fraction of sp³-hybridized carbons (Fsp3) is 0.556. The Balaban J connectivity index is 1.69. The van der Waals surface area contributed by atoms with Crippen molar-refractivity contribution in [2.75, 3.05) is 33.3 Å². The molecule has 138 valence electrons. The number of rotatable bonds is 7. The lowest BCUT2D eigenvalue weighted by Crippen LogP contribution is -2.47. The van der Waals surface area contributed by atoms with Crippen LogP contribution in [0.4, 0.5) is 4.39 Å². The van der Waals surface area contributed by atoms with Gasteiger partial charge >= 0.3 is 0 Å². The number of aliphatic imine (C=N–C) groups is 1. The molecule has 1 aromatic rings. The van der Waals surface area contributed by atoms with Gasteiger partial charge in [-0.05, 0) is 49.4 Å². The number of carbonyl (C=O) groups excluding carboxylic acids is 1. The third-order valence-electron chi connectivity index (χ3n) is 4.21. The summed E-state index contributed by atoms with van der Waals surface area (Å²) in [6.45, 7) is 3.00. The van der Waals surface area contributed by atoms with Crippen LogP contribution in [0.15, 0.2) is 29.3 Å². The quantitative estimate of drug-likeness (QED) is 0.446. The summed E-state index contributed by atoms with van der Waals surface area (Å²) in [6.07, 6.45) is 3.29. The number of piperidine rings is 1. The first-order valence-corrected chi connectivity index (χ1v) is 8.70. The Morgan fingerprint density at radius 2 is 2.20 bits per heavy atom. The van der Waals surface area contributed by atoms with Gasteiger partial charge in [-0.1, -0.05) is 0 Å². The van der Waals surface area contributed by atoms with Crippen molar-refractivity contribution in [3.8, 4) is 5.75 Å². The van der Waals surface area contributed by atoms with Crippen molar-refractivity contribution in [1.82, 2.24) is 10.2 Å². The first-order valence-electron chi connectivity index (χ1n) is 8.70. The van der Waals surface area contributed by atoms with Crippen LogP contribution in [0.1, 0.15) is 25.7 Å². The summed E-state index contributed by atoms with van der Waals surface area (Å²) in [4.78, 5) is 17.6. The second kappa shape index (κ2) is 9.86. The number of likely N-dealkylation sites (tertiary alicyclic amines) is 1. The predicted octanol–water partition coefficient (Wildman–Crippen LogP) is 1.76. The topological polar surface area (TPSA) is 80.0 Å².